The second-order valence-electron chi connectivity index (χ2n) is 6.07. The van der Waals surface area contributed by atoms with E-state index in [0.29, 0.717) is 12.2 Å². The number of aliphatic hydroxyl groups excluding tert-OH is 1. The Balaban J connectivity index is 1.81. The zero-order valence-electron chi connectivity index (χ0n) is 13.2. The molecule has 0 bridgehead atoms. The lowest BCUT2D eigenvalue weighted by Crippen LogP contribution is -2.51. The van der Waals surface area contributed by atoms with Crippen LogP contribution in [0, 0.1) is 5.92 Å². The maximum Gasteiger partial charge on any atom is 0.264 e. The summed E-state index contributed by atoms with van der Waals surface area (Å²) in [7, 11) is 0. The quantitative estimate of drug-likeness (QED) is 0.629. The van der Waals surface area contributed by atoms with Crippen LogP contribution in [0.1, 0.15) is 19.4 Å². The van der Waals surface area contributed by atoms with Gasteiger partial charge in [-0.1, -0.05) is 19.1 Å². The molecule has 0 aromatic heterocycles. The third kappa shape index (κ3) is 2.82. The molecule has 4 N–H and O–H groups in total. The van der Waals surface area contributed by atoms with E-state index >= 15 is 0 Å². The molecule has 6 heteroatoms. The van der Waals surface area contributed by atoms with Crippen molar-refractivity contribution < 1.29 is 14.7 Å². The van der Waals surface area contributed by atoms with Crippen LogP contribution in [0.2, 0.25) is 0 Å². The number of aryl methyl sites for hydroxylation is 1. The summed E-state index contributed by atoms with van der Waals surface area (Å²) in [5.41, 5.74) is 1.57. The second-order valence-corrected chi connectivity index (χ2v) is 6.07. The first-order valence-corrected chi connectivity index (χ1v) is 7.89. The predicted octanol–water partition coefficient (Wildman–Crippen LogP) is 1.11. The molecule has 3 atom stereocenters. The van der Waals surface area contributed by atoms with Gasteiger partial charge in [-0.15, -0.1) is 0 Å². The van der Waals surface area contributed by atoms with Gasteiger partial charge in [-0.2, -0.15) is 0 Å². The SMILES string of the molecule is CCc1ccc(NC(=O)C2=C(O)[C@H]3CN[C@H](C)[C@@H]3NC2=O)cc1. The molecule has 0 aliphatic carbocycles. The smallest absolute Gasteiger partial charge is 0.264 e. The van der Waals surface area contributed by atoms with Crippen molar-refractivity contribution in [3.05, 3.63) is 41.2 Å². The first-order valence-electron chi connectivity index (χ1n) is 7.89. The van der Waals surface area contributed by atoms with Gasteiger partial charge in [0.2, 0.25) is 0 Å². The maximum absolute atomic E-state index is 12.4. The van der Waals surface area contributed by atoms with Crippen molar-refractivity contribution in [2.24, 2.45) is 5.92 Å². The van der Waals surface area contributed by atoms with Crippen molar-refractivity contribution in [1.82, 2.24) is 10.6 Å². The minimum Gasteiger partial charge on any atom is -0.511 e. The summed E-state index contributed by atoms with van der Waals surface area (Å²) in [6.07, 6.45) is 0.914. The van der Waals surface area contributed by atoms with Crippen LogP contribution in [-0.4, -0.2) is 35.5 Å². The topological polar surface area (TPSA) is 90.5 Å². The van der Waals surface area contributed by atoms with Crippen LogP contribution >= 0.6 is 0 Å². The average Bonchev–Trinajstić information content (AvgIpc) is 2.89. The normalized spacial score (nSPS) is 26.7. The average molecular weight is 315 g/mol. The lowest BCUT2D eigenvalue weighted by molar-refractivity contribution is -0.123. The molecule has 2 amide bonds. The summed E-state index contributed by atoms with van der Waals surface area (Å²) in [5.74, 6) is -1.49. The fourth-order valence-corrected chi connectivity index (χ4v) is 3.17. The van der Waals surface area contributed by atoms with Crippen LogP contribution in [0.15, 0.2) is 35.6 Å². The van der Waals surface area contributed by atoms with Gasteiger partial charge in [-0.05, 0) is 31.0 Å². The van der Waals surface area contributed by atoms with Gasteiger partial charge in [0.25, 0.3) is 11.8 Å². The minimum absolute atomic E-state index is 0.0669. The van der Waals surface area contributed by atoms with Crippen molar-refractivity contribution in [3.8, 4) is 0 Å². The first-order chi connectivity index (χ1) is 11.0. The lowest BCUT2D eigenvalue weighted by Gasteiger charge is -2.29. The van der Waals surface area contributed by atoms with Gasteiger partial charge in [0, 0.05) is 18.3 Å². The number of benzene rings is 1. The minimum atomic E-state index is -0.581. The number of fused-ring (bicyclic) bond motifs is 1. The zero-order valence-corrected chi connectivity index (χ0v) is 13.2. The van der Waals surface area contributed by atoms with E-state index in [1.165, 1.54) is 0 Å². The van der Waals surface area contributed by atoms with Gasteiger partial charge in [0.15, 0.2) is 0 Å². The van der Waals surface area contributed by atoms with Crippen molar-refractivity contribution >= 4 is 17.5 Å². The van der Waals surface area contributed by atoms with Crippen LogP contribution in [-0.2, 0) is 16.0 Å². The number of carbonyl (C=O) groups is 2. The van der Waals surface area contributed by atoms with E-state index in [1.54, 1.807) is 12.1 Å². The molecule has 122 valence electrons. The van der Waals surface area contributed by atoms with Crippen molar-refractivity contribution in [2.45, 2.75) is 32.4 Å². The van der Waals surface area contributed by atoms with Gasteiger partial charge >= 0.3 is 0 Å². The number of anilines is 1. The van der Waals surface area contributed by atoms with Crippen LogP contribution in [0.3, 0.4) is 0 Å². The Morgan fingerprint density at radius 3 is 2.70 bits per heavy atom. The van der Waals surface area contributed by atoms with E-state index in [9.17, 15) is 14.7 Å². The van der Waals surface area contributed by atoms with Gasteiger partial charge in [-0.25, -0.2) is 0 Å². The molecule has 0 radical (unpaired) electrons. The Labute approximate surface area is 135 Å². The summed E-state index contributed by atoms with van der Waals surface area (Å²) in [6, 6.07) is 7.31. The highest BCUT2D eigenvalue weighted by Crippen LogP contribution is 2.28. The van der Waals surface area contributed by atoms with E-state index in [-0.39, 0.29) is 29.3 Å². The van der Waals surface area contributed by atoms with E-state index in [4.69, 9.17) is 0 Å². The highest BCUT2D eigenvalue weighted by molar-refractivity contribution is 6.23. The summed E-state index contributed by atoms with van der Waals surface area (Å²) in [5, 5.41) is 19.1. The van der Waals surface area contributed by atoms with Gasteiger partial charge in [0.05, 0.1) is 12.0 Å². The van der Waals surface area contributed by atoms with E-state index in [2.05, 4.69) is 22.9 Å². The molecule has 23 heavy (non-hydrogen) atoms. The lowest BCUT2D eigenvalue weighted by atomic mass is 9.90. The van der Waals surface area contributed by atoms with Crippen molar-refractivity contribution in [1.29, 1.82) is 0 Å². The molecule has 2 heterocycles. The summed E-state index contributed by atoms with van der Waals surface area (Å²) in [4.78, 5) is 24.6. The Bertz CT molecular complexity index is 666. The van der Waals surface area contributed by atoms with Gasteiger partial charge < -0.3 is 21.1 Å². The Morgan fingerprint density at radius 1 is 1.35 bits per heavy atom. The highest BCUT2D eigenvalue weighted by Gasteiger charge is 2.44. The van der Waals surface area contributed by atoms with Crippen LogP contribution in [0.5, 0.6) is 0 Å². The molecule has 2 aliphatic heterocycles. The molecule has 0 unspecified atom stereocenters. The van der Waals surface area contributed by atoms with Crippen LogP contribution in [0.4, 0.5) is 5.69 Å². The largest absolute Gasteiger partial charge is 0.511 e. The molecule has 1 saturated heterocycles. The zero-order chi connectivity index (χ0) is 16.6. The van der Waals surface area contributed by atoms with Gasteiger partial charge in [0.1, 0.15) is 11.3 Å². The molecular formula is C17H21N3O3. The number of nitrogens with one attached hydrogen (secondary N) is 3. The van der Waals surface area contributed by atoms with Crippen molar-refractivity contribution in [3.63, 3.8) is 0 Å². The molecule has 6 nitrogen and oxygen atoms in total. The Hall–Kier alpha value is -2.34. The number of aliphatic hydroxyl groups is 1. The summed E-state index contributed by atoms with van der Waals surface area (Å²) >= 11 is 0. The fourth-order valence-electron chi connectivity index (χ4n) is 3.17. The standard InChI is InChI=1S/C17H21N3O3/c1-3-10-4-6-11(7-5-10)19-16(22)13-15(21)12-8-18-9(2)14(12)20-17(13)23/h4-7,9,12,14,18,21H,3,8H2,1-2H3,(H,19,22)(H,20,23)/t9-,12+,14+/m1/s1. The summed E-state index contributed by atoms with van der Waals surface area (Å²) in [6.45, 7) is 4.54. The molecule has 0 saturated carbocycles. The monoisotopic (exact) mass is 315 g/mol. The number of carbonyl (C=O) groups excluding carboxylic acids is 2. The molecule has 1 aromatic rings. The molecule has 3 rings (SSSR count). The third-order valence-corrected chi connectivity index (χ3v) is 4.61. The number of hydrogen-bond donors (Lipinski definition) is 4. The second kappa shape index (κ2) is 6.04. The van der Waals surface area contributed by atoms with Crippen molar-refractivity contribution in [2.75, 3.05) is 11.9 Å². The number of rotatable bonds is 3. The Morgan fingerprint density at radius 2 is 2.04 bits per heavy atom. The maximum atomic E-state index is 12.4. The van der Waals surface area contributed by atoms with E-state index in [1.807, 2.05) is 19.1 Å². The van der Waals surface area contributed by atoms with Crippen LogP contribution in [0.25, 0.3) is 0 Å². The predicted molar refractivity (Wildman–Crippen MR) is 87.0 cm³/mol. The Kier molecular flexibility index (Phi) is 4.09. The van der Waals surface area contributed by atoms with Gasteiger partial charge in [-0.3, -0.25) is 9.59 Å². The van der Waals surface area contributed by atoms with E-state index in [0.717, 1.165) is 12.0 Å². The molecule has 0 spiro atoms. The molecular weight excluding hydrogens is 294 g/mol. The number of amides is 2. The molecule has 1 fully saturated rings. The van der Waals surface area contributed by atoms with E-state index < -0.39 is 11.8 Å². The molecule has 2 aliphatic rings. The molecule has 1 aromatic carbocycles. The summed E-state index contributed by atoms with van der Waals surface area (Å²) < 4.78 is 0. The number of hydrogen-bond acceptors (Lipinski definition) is 4. The highest BCUT2D eigenvalue weighted by atomic mass is 16.3. The van der Waals surface area contributed by atoms with Crippen LogP contribution < -0.4 is 16.0 Å². The first kappa shape index (κ1) is 15.6. The third-order valence-electron chi connectivity index (χ3n) is 4.61. The fraction of sp³-hybridized carbons (Fsp3) is 0.412.